The molecule has 1 aliphatic rings. The molecule has 0 fully saturated rings. The van der Waals surface area contributed by atoms with Crippen molar-refractivity contribution in [1.29, 1.82) is 0 Å². The van der Waals surface area contributed by atoms with E-state index in [1.807, 2.05) is 13.8 Å². The predicted molar refractivity (Wildman–Crippen MR) is 124 cm³/mol. The molecule has 0 aromatic heterocycles. The van der Waals surface area contributed by atoms with Gasteiger partial charge in [0.25, 0.3) is 0 Å². The SMILES string of the molecule is COc1cc2c(cc1OC)[C@H]([C@H](C)NC(=O)NC(C)C)N(Cc1ccc(C)cc1)CC2. The molecule has 0 spiro atoms. The van der Waals surface area contributed by atoms with E-state index >= 15 is 0 Å². The maximum atomic E-state index is 12.5. The second-order valence-electron chi connectivity index (χ2n) is 8.62. The van der Waals surface area contributed by atoms with Gasteiger partial charge in [0.05, 0.1) is 20.3 Å². The largest absolute Gasteiger partial charge is 0.493 e. The van der Waals surface area contributed by atoms with Crippen LogP contribution in [0.15, 0.2) is 36.4 Å². The molecule has 0 bridgehead atoms. The molecule has 0 unspecified atom stereocenters. The van der Waals surface area contributed by atoms with Crippen molar-refractivity contribution in [1.82, 2.24) is 15.5 Å². The minimum absolute atomic E-state index is 0.0165. The van der Waals surface area contributed by atoms with Crippen LogP contribution in [0, 0.1) is 6.92 Å². The fourth-order valence-corrected chi connectivity index (χ4v) is 4.31. The third kappa shape index (κ3) is 5.50. The van der Waals surface area contributed by atoms with Gasteiger partial charge in [-0.3, -0.25) is 4.90 Å². The normalized spacial score (nSPS) is 17.1. The number of carbonyl (C=O) groups excluding carboxylic acids is 1. The number of nitrogens with one attached hydrogen (secondary N) is 2. The highest BCUT2D eigenvalue weighted by atomic mass is 16.5. The van der Waals surface area contributed by atoms with Crippen molar-refractivity contribution in [3.05, 3.63) is 58.7 Å². The Hall–Kier alpha value is -2.73. The van der Waals surface area contributed by atoms with Crippen LogP contribution in [-0.4, -0.2) is 43.8 Å². The summed E-state index contributed by atoms with van der Waals surface area (Å²) in [5, 5.41) is 6.08. The molecule has 0 aliphatic carbocycles. The third-order valence-electron chi connectivity index (χ3n) is 5.78. The van der Waals surface area contributed by atoms with Gasteiger partial charge in [-0.2, -0.15) is 0 Å². The topological polar surface area (TPSA) is 62.8 Å². The lowest BCUT2D eigenvalue weighted by molar-refractivity contribution is 0.143. The Balaban J connectivity index is 1.95. The summed E-state index contributed by atoms with van der Waals surface area (Å²) in [5.41, 5.74) is 4.92. The fourth-order valence-electron chi connectivity index (χ4n) is 4.31. The second-order valence-corrected chi connectivity index (χ2v) is 8.62. The van der Waals surface area contributed by atoms with Gasteiger partial charge >= 0.3 is 6.03 Å². The minimum atomic E-state index is -0.148. The van der Waals surface area contributed by atoms with E-state index < -0.39 is 0 Å². The van der Waals surface area contributed by atoms with E-state index in [-0.39, 0.29) is 24.2 Å². The smallest absolute Gasteiger partial charge is 0.315 e. The maximum absolute atomic E-state index is 12.5. The first-order chi connectivity index (χ1) is 14.8. The van der Waals surface area contributed by atoms with Crippen molar-refractivity contribution in [2.24, 2.45) is 0 Å². The van der Waals surface area contributed by atoms with Crippen LogP contribution in [0.3, 0.4) is 0 Å². The summed E-state index contributed by atoms with van der Waals surface area (Å²) in [6.45, 7) is 9.80. The predicted octanol–water partition coefficient (Wildman–Crippen LogP) is 4.21. The number of hydrogen-bond donors (Lipinski definition) is 2. The minimum Gasteiger partial charge on any atom is -0.493 e. The molecule has 6 heteroatoms. The van der Waals surface area contributed by atoms with Crippen LogP contribution in [0.1, 0.15) is 49.1 Å². The van der Waals surface area contributed by atoms with E-state index in [1.165, 1.54) is 22.3 Å². The Morgan fingerprint density at radius 2 is 1.71 bits per heavy atom. The van der Waals surface area contributed by atoms with Crippen molar-refractivity contribution < 1.29 is 14.3 Å². The van der Waals surface area contributed by atoms with Crippen molar-refractivity contribution in [2.45, 2.75) is 58.8 Å². The molecule has 2 atom stereocenters. The number of methoxy groups -OCH3 is 2. The summed E-state index contributed by atoms with van der Waals surface area (Å²) in [6.07, 6.45) is 0.920. The molecule has 2 aromatic rings. The van der Waals surface area contributed by atoms with Crippen LogP contribution in [-0.2, 0) is 13.0 Å². The summed E-state index contributed by atoms with van der Waals surface area (Å²) >= 11 is 0. The van der Waals surface area contributed by atoms with E-state index in [2.05, 4.69) is 65.8 Å². The van der Waals surface area contributed by atoms with Gasteiger partial charge in [-0.05, 0) is 62.9 Å². The zero-order valence-electron chi connectivity index (χ0n) is 19.5. The second kappa shape index (κ2) is 10.1. The molecule has 2 N–H and O–H groups in total. The molecule has 168 valence electrons. The number of amides is 2. The van der Waals surface area contributed by atoms with Crippen LogP contribution in [0.5, 0.6) is 11.5 Å². The molecule has 0 radical (unpaired) electrons. The number of hydrogen-bond acceptors (Lipinski definition) is 4. The van der Waals surface area contributed by atoms with Crippen LogP contribution in [0.25, 0.3) is 0 Å². The molecule has 3 rings (SSSR count). The monoisotopic (exact) mass is 425 g/mol. The highest BCUT2D eigenvalue weighted by Crippen LogP contribution is 2.40. The molecular formula is C25H35N3O3. The van der Waals surface area contributed by atoms with Gasteiger partial charge in [-0.1, -0.05) is 29.8 Å². The Kier molecular flexibility index (Phi) is 7.44. The fraction of sp³-hybridized carbons (Fsp3) is 0.480. The Morgan fingerprint density at radius 1 is 1.06 bits per heavy atom. The first-order valence-electron chi connectivity index (χ1n) is 10.9. The van der Waals surface area contributed by atoms with Crippen molar-refractivity contribution in [3.8, 4) is 11.5 Å². The number of nitrogens with zero attached hydrogens (tertiary/aromatic N) is 1. The molecular weight excluding hydrogens is 390 g/mol. The molecule has 0 saturated carbocycles. The molecule has 6 nitrogen and oxygen atoms in total. The Bertz CT molecular complexity index is 896. The lowest BCUT2D eigenvalue weighted by atomic mass is 9.87. The lowest BCUT2D eigenvalue weighted by Gasteiger charge is -2.41. The van der Waals surface area contributed by atoms with Gasteiger partial charge in [0, 0.05) is 25.2 Å². The van der Waals surface area contributed by atoms with Gasteiger partial charge in [0.2, 0.25) is 0 Å². The average molecular weight is 426 g/mol. The van der Waals surface area contributed by atoms with Crippen molar-refractivity contribution in [3.63, 3.8) is 0 Å². The van der Waals surface area contributed by atoms with Crippen molar-refractivity contribution in [2.75, 3.05) is 20.8 Å². The zero-order valence-corrected chi connectivity index (χ0v) is 19.5. The first-order valence-corrected chi connectivity index (χ1v) is 10.9. The van der Waals surface area contributed by atoms with E-state index in [9.17, 15) is 4.79 Å². The van der Waals surface area contributed by atoms with Gasteiger partial charge in [-0.15, -0.1) is 0 Å². The molecule has 2 amide bonds. The van der Waals surface area contributed by atoms with Gasteiger partial charge < -0.3 is 20.1 Å². The standard InChI is InChI=1S/C25H35N3O3/c1-16(2)26-25(29)27-18(4)24-21-14-23(31-6)22(30-5)13-20(21)11-12-28(24)15-19-9-7-17(3)8-10-19/h7-10,13-14,16,18,24H,11-12,15H2,1-6H3,(H2,26,27,29)/t18-,24-/m0/s1. The molecule has 1 aliphatic heterocycles. The molecule has 2 aromatic carbocycles. The highest BCUT2D eigenvalue weighted by molar-refractivity contribution is 5.74. The van der Waals surface area contributed by atoms with Crippen LogP contribution in [0.4, 0.5) is 4.79 Å². The lowest BCUT2D eigenvalue weighted by Crippen LogP contribution is -2.50. The van der Waals surface area contributed by atoms with E-state index in [4.69, 9.17) is 9.47 Å². The molecule has 1 heterocycles. The van der Waals surface area contributed by atoms with Crippen LogP contribution in [0.2, 0.25) is 0 Å². The summed E-state index contributed by atoms with van der Waals surface area (Å²) < 4.78 is 11.1. The van der Waals surface area contributed by atoms with Crippen LogP contribution >= 0.6 is 0 Å². The number of benzene rings is 2. The van der Waals surface area contributed by atoms with Gasteiger partial charge in [0.1, 0.15) is 0 Å². The summed E-state index contributed by atoms with van der Waals surface area (Å²) in [7, 11) is 3.32. The summed E-state index contributed by atoms with van der Waals surface area (Å²) in [4.78, 5) is 14.9. The first kappa shape index (κ1) is 22.9. The number of urea groups is 1. The molecule has 31 heavy (non-hydrogen) atoms. The number of ether oxygens (including phenoxy) is 2. The highest BCUT2D eigenvalue weighted by Gasteiger charge is 2.33. The number of carbonyl (C=O) groups is 1. The van der Waals surface area contributed by atoms with E-state index in [0.717, 1.165) is 25.3 Å². The number of aryl methyl sites for hydroxylation is 1. The maximum Gasteiger partial charge on any atom is 0.315 e. The van der Waals surface area contributed by atoms with Crippen molar-refractivity contribution >= 4 is 6.03 Å². The van der Waals surface area contributed by atoms with Gasteiger partial charge in [0.15, 0.2) is 11.5 Å². The quantitative estimate of drug-likeness (QED) is 0.698. The number of rotatable bonds is 7. The Morgan fingerprint density at radius 3 is 2.32 bits per heavy atom. The summed E-state index contributed by atoms with van der Waals surface area (Å²) in [6, 6.07) is 12.7. The average Bonchev–Trinajstić information content (AvgIpc) is 2.73. The van der Waals surface area contributed by atoms with E-state index in [1.54, 1.807) is 14.2 Å². The Labute approximate surface area is 185 Å². The van der Waals surface area contributed by atoms with Gasteiger partial charge in [-0.25, -0.2) is 4.79 Å². The van der Waals surface area contributed by atoms with E-state index in [0.29, 0.717) is 5.75 Å². The molecule has 0 saturated heterocycles. The van der Waals surface area contributed by atoms with Crippen LogP contribution < -0.4 is 20.1 Å². The summed E-state index contributed by atoms with van der Waals surface area (Å²) in [5.74, 6) is 1.45. The third-order valence-corrected chi connectivity index (χ3v) is 5.78. The number of fused-ring (bicyclic) bond motifs is 1. The zero-order chi connectivity index (χ0) is 22.5.